The predicted octanol–water partition coefficient (Wildman–Crippen LogP) is 3.27. The molecule has 5 heterocycles. The zero-order chi connectivity index (χ0) is 24.2. The van der Waals surface area contributed by atoms with Crippen LogP contribution in [0.5, 0.6) is 0 Å². The Balaban J connectivity index is 1.52. The van der Waals surface area contributed by atoms with Crippen molar-refractivity contribution in [3.63, 3.8) is 0 Å². The molecule has 1 saturated heterocycles. The lowest BCUT2D eigenvalue weighted by Crippen LogP contribution is -2.54. The third-order valence-corrected chi connectivity index (χ3v) is 8.05. The number of aromatic amines is 1. The second-order valence-electron chi connectivity index (χ2n) is 8.94. The Bertz CT molecular complexity index is 1510. The molecule has 0 atom stereocenters. The molecule has 0 unspecified atom stereocenters. The van der Waals surface area contributed by atoms with Gasteiger partial charge in [-0.1, -0.05) is 18.2 Å². The summed E-state index contributed by atoms with van der Waals surface area (Å²) in [5.74, 6) is -0.448. The normalized spacial score (nSPS) is 18.2. The van der Waals surface area contributed by atoms with Gasteiger partial charge in [0.05, 0.1) is 32.6 Å². The first-order valence-electron chi connectivity index (χ1n) is 11.5. The third kappa shape index (κ3) is 3.43. The summed E-state index contributed by atoms with van der Waals surface area (Å²) >= 11 is 1.51. The van der Waals surface area contributed by atoms with Crippen LogP contribution >= 0.6 is 11.3 Å². The van der Waals surface area contributed by atoms with Crippen LogP contribution in [-0.4, -0.2) is 59.1 Å². The number of imide groups is 1. The minimum Gasteiger partial charge on any atom is -0.360 e. The number of piperidine rings is 1. The average Bonchev–Trinajstić information content (AvgIpc) is 3.58. The van der Waals surface area contributed by atoms with Crippen LogP contribution in [0.2, 0.25) is 0 Å². The molecule has 3 N–H and O–H groups in total. The van der Waals surface area contributed by atoms with Gasteiger partial charge in [0, 0.05) is 35.8 Å². The highest BCUT2D eigenvalue weighted by Crippen LogP contribution is 2.38. The van der Waals surface area contributed by atoms with Crippen LogP contribution in [-0.2, 0) is 9.59 Å². The number of nitrogens with one attached hydrogen (secondary N) is 3. The summed E-state index contributed by atoms with van der Waals surface area (Å²) in [7, 11) is 1.79. The standard InChI is InChI=1S/C25H23FN6O2S/c1-27-25(13-26)7-9-32(10-8-25)24-29-16-5-3-2-4-14(16)20(30-24)19-18(22(33)31-23(19)34)15-12-28-17-6-11-35-21(15)17/h2-6,11-12,27-28H,7-10,13H2,1H3,(H,31,33,34). The van der Waals surface area contributed by atoms with Crippen LogP contribution in [0, 0.1) is 0 Å². The second-order valence-corrected chi connectivity index (χ2v) is 9.86. The van der Waals surface area contributed by atoms with E-state index in [2.05, 4.69) is 15.6 Å². The maximum atomic E-state index is 13.7. The predicted molar refractivity (Wildman–Crippen MR) is 135 cm³/mol. The molecule has 0 aliphatic carbocycles. The molecule has 2 aliphatic rings. The Hall–Kier alpha value is -3.63. The zero-order valence-electron chi connectivity index (χ0n) is 19.0. The first-order valence-corrected chi connectivity index (χ1v) is 12.3. The van der Waals surface area contributed by atoms with E-state index < -0.39 is 24.0 Å². The maximum Gasteiger partial charge on any atom is 0.261 e. The zero-order valence-corrected chi connectivity index (χ0v) is 19.8. The van der Waals surface area contributed by atoms with Crippen LogP contribution in [0.1, 0.15) is 24.1 Å². The summed E-state index contributed by atoms with van der Waals surface area (Å²) in [6, 6.07) is 9.41. The van der Waals surface area contributed by atoms with Gasteiger partial charge in [-0.2, -0.15) is 0 Å². The third-order valence-electron chi connectivity index (χ3n) is 7.10. The highest BCUT2D eigenvalue weighted by molar-refractivity contribution is 7.17. The lowest BCUT2D eigenvalue weighted by molar-refractivity contribution is -0.122. The van der Waals surface area contributed by atoms with Crippen LogP contribution in [0.15, 0.2) is 41.9 Å². The summed E-state index contributed by atoms with van der Waals surface area (Å²) in [6.07, 6.45) is 2.98. The number of nitrogens with zero attached hydrogens (tertiary/aromatic N) is 3. The average molecular weight is 491 g/mol. The van der Waals surface area contributed by atoms with E-state index in [0.29, 0.717) is 59.6 Å². The molecule has 10 heteroatoms. The van der Waals surface area contributed by atoms with Crippen molar-refractivity contribution >= 4 is 61.4 Å². The molecule has 178 valence electrons. The number of carbonyl (C=O) groups excluding carboxylic acids is 2. The Morgan fingerprint density at radius 2 is 1.89 bits per heavy atom. The van der Waals surface area contributed by atoms with Gasteiger partial charge >= 0.3 is 0 Å². The highest BCUT2D eigenvalue weighted by atomic mass is 32.1. The molecule has 1 aromatic carbocycles. The molecule has 4 aromatic rings. The number of aromatic nitrogens is 3. The quantitative estimate of drug-likeness (QED) is 0.371. The summed E-state index contributed by atoms with van der Waals surface area (Å²) in [4.78, 5) is 40.9. The van der Waals surface area contributed by atoms with Crippen molar-refractivity contribution in [3.8, 4) is 0 Å². The summed E-state index contributed by atoms with van der Waals surface area (Å²) in [5.41, 5.74) is 2.70. The number of amides is 2. The van der Waals surface area contributed by atoms with Gasteiger partial charge in [-0.3, -0.25) is 14.9 Å². The minimum absolute atomic E-state index is 0.245. The molecule has 0 saturated carbocycles. The Labute approximate surface area is 204 Å². The van der Waals surface area contributed by atoms with Gasteiger partial charge in [-0.15, -0.1) is 11.3 Å². The minimum atomic E-state index is -0.538. The molecular weight excluding hydrogens is 467 g/mol. The topological polar surface area (TPSA) is 103 Å². The molecule has 8 nitrogen and oxygen atoms in total. The second kappa shape index (κ2) is 8.24. The molecule has 0 bridgehead atoms. The van der Waals surface area contributed by atoms with E-state index in [1.54, 1.807) is 13.2 Å². The molecule has 35 heavy (non-hydrogen) atoms. The maximum absolute atomic E-state index is 13.7. The summed E-state index contributed by atoms with van der Waals surface area (Å²) in [5, 5.41) is 8.22. The van der Waals surface area contributed by atoms with Crippen molar-refractivity contribution in [2.45, 2.75) is 18.4 Å². The van der Waals surface area contributed by atoms with E-state index in [1.807, 2.05) is 40.6 Å². The van der Waals surface area contributed by atoms with Gasteiger partial charge in [-0.25, -0.2) is 14.4 Å². The van der Waals surface area contributed by atoms with E-state index in [0.717, 1.165) is 10.2 Å². The fourth-order valence-corrected chi connectivity index (χ4v) is 5.83. The number of thiophene rings is 1. The molecule has 2 amide bonds. The highest BCUT2D eigenvalue weighted by Gasteiger charge is 2.37. The number of rotatable bonds is 5. The fourth-order valence-electron chi connectivity index (χ4n) is 4.95. The van der Waals surface area contributed by atoms with E-state index in [-0.39, 0.29) is 5.57 Å². The smallest absolute Gasteiger partial charge is 0.261 e. The lowest BCUT2D eigenvalue weighted by Gasteiger charge is -2.40. The Kier molecular flexibility index (Phi) is 5.15. The SMILES string of the molecule is CNC1(CF)CCN(c2nc(C3=C(c4c[nH]c5ccsc45)C(=O)NC3=O)c3ccccc3n2)CC1. The van der Waals surface area contributed by atoms with Crippen molar-refractivity contribution in [2.75, 3.05) is 31.7 Å². The number of fused-ring (bicyclic) bond motifs is 2. The number of alkyl halides is 1. The van der Waals surface area contributed by atoms with Crippen LogP contribution in [0.25, 0.3) is 32.3 Å². The van der Waals surface area contributed by atoms with Crippen molar-refractivity contribution < 1.29 is 14.0 Å². The van der Waals surface area contributed by atoms with Gasteiger partial charge in [0.15, 0.2) is 0 Å². The number of hydrogen-bond donors (Lipinski definition) is 3. The van der Waals surface area contributed by atoms with Gasteiger partial charge in [0.25, 0.3) is 11.8 Å². The molecule has 2 aliphatic heterocycles. The van der Waals surface area contributed by atoms with E-state index in [4.69, 9.17) is 9.97 Å². The van der Waals surface area contributed by atoms with Gasteiger partial charge < -0.3 is 15.2 Å². The number of para-hydroxylation sites is 1. The largest absolute Gasteiger partial charge is 0.360 e. The van der Waals surface area contributed by atoms with E-state index >= 15 is 0 Å². The van der Waals surface area contributed by atoms with Crippen molar-refractivity contribution in [2.24, 2.45) is 0 Å². The van der Waals surface area contributed by atoms with Crippen molar-refractivity contribution in [3.05, 3.63) is 53.2 Å². The molecule has 6 rings (SSSR count). The summed E-state index contributed by atoms with van der Waals surface area (Å²) in [6.45, 7) is 0.716. The van der Waals surface area contributed by atoms with Gasteiger partial charge in [0.2, 0.25) is 5.95 Å². The number of anilines is 1. The van der Waals surface area contributed by atoms with Gasteiger partial charge in [0.1, 0.15) is 6.67 Å². The molecule has 1 fully saturated rings. The van der Waals surface area contributed by atoms with Crippen LogP contribution < -0.4 is 15.5 Å². The lowest BCUT2D eigenvalue weighted by atomic mass is 9.89. The number of H-pyrrole nitrogens is 1. The number of carbonyl (C=O) groups is 2. The first kappa shape index (κ1) is 21.9. The molecule has 3 aromatic heterocycles. The summed E-state index contributed by atoms with van der Waals surface area (Å²) < 4.78 is 14.6. The van der Waals surface area contributed by atoms with E-state index in [9.17, 15) is 14.0 Å². The monoisotopic (exact) mass is 490 g/mol. The molecule has 0 radical (unpaired) electrons. The van der Waals surface area contributed by atoms with Crippen LogP contribution in [0.4, 0.5) is 10.3 Å². The van der Waals surface area contributed by atoms with E-state index in [1.165, 1.54) is 11.3 Å². The van der Waals surface area contributed by atoms with Gasteiger partial charge in [-0.05, 0) is 37.4 Å². The Morgan fingerprint density at radius 3 is 2.66 bits per heavy atom. The molecular formula is C25H23FN6O2S. The first-order chi connectivity index (χ1) is 17.0. The fraction of sp³-hybridized carbons (Fsp3) is 0.280. The number of hydrogen-bond acceptors (Lipinski definition) is 7. The number of benzene rings is 1. The van der Waals surface area contributed by atoms with Crippen molar-refractivity contribution in [1.82, 2.24) is 25.6 Å². The number of halogens is 1. The van der Waals surface area contributed by atoms with Crippen molar-refractivity contribution in [1.29, 1.82) is 0 Å². The Morgan fingerprint density at radius 1 is 1.11 bits per heavy atom. The molecule has 0 spiro atoms. The van der Waals surface area contributed by atoms with Crippen LogP contribution in [0.3, 0.4) is 0 Å².